The number of rotatable bonds is 10. The van der Waals surface area contributed by atoms with E-state index in [4.69, 9.17) is 4.74 Å². The zero-order valence-corrected chi connectivity index (χ0v) is 16.5. The highest BCUT2D eigenvalue weighted by Crippen LogP contribution is 2.17. The monoisotopic (exact) mass is 390 g/mol. The van der Waals surface area contributed by atoms with E-state index < -0.39 is 10.0 Å². The maximum Gasteiger partial charge on any atom is 0.251 e. The fourth-order valence-electron chi connectivity index (χ4n) is 2.58. The quantitative estimate of drug-likeness (QED) is 0.611. The second-order valence-electron chi connectivity index (χ2n) is 6.09. The van der Waals surface area contributed by atoms with Gasteiger partial charge in [-0.2, -0.15) is 0 Å². The third-order valence-corrected chi connectivity index (χ3v) is 5.60. The summed E-state index contributed by atoms with van der Waals surface area (Å²) in [5.74, 6) is 0.534. The van der Waals surface area contributed by atoms with Crippen molar-refractivity contribution in [3.63, 3.8) is 0 Å². The molecule has 0 heterocycles. The lowest BCUT2D eigenvalue weighted by Crippen LogP contribution is -2.27. The molecule has 0 bridgehead atoms. The van der Waals surface area contributed by atoms with E-state index in [0.29, 0.717) is 18.5 Å². The predicted octanol–water partition coefficient (Wildman–Crippen LogP) is 2.75. The Morgan fingerprint density at radius 3 is 2.41 bits per heavy atom. The minimum atomic E-state index is -3.64. The Morgan fingerprint density at radius 2 is 1.74 bits per heavy atom. The minimum absolute atomic E-state index is 0.132. The third-order valence-electron chi connectivity index (χ3n) is 4.12. The van der Waals surface area contributed by atoms with Crippen LogP contribution in [0.1, 0.15) is 35.7 Å². The summed E-state index contributed by atoms with van der Waals surface area (Å²) in [4.78, 5) is 12.1. The van der Waals surface area contributed by atoms with E-state index in [9.17, 15) is 13.2 Å². The number of hydrogen-bond acceptors (Lipinski definition) is 4. The molecule has 7 heteroatoms. The number of amides is 1. The van der Waals surface area contributed by atoms with E-state index in [-0.39, 0.29) is 17.3 Å². The summed E-state index contributed by atoms with van der Waals surface area (Å²) in [6, 6.07) is 13.4. The molecule has 0 atom stereocenters. The molecule has 0 aromatic heterocycles. The van der Waals surface area contributed by atoms with Crippen LogP contribution in [0.2, 0.25) is 0 Å². The lowest BCUT2D eigenvalue weighted by molar-refractivity contribution is 0.0953. The summed E-state index contributed by atoms with van der Waals surface area (Å²) in [7, 11) is -2.05. The molecule has 0 aliphatic rings. The van der Waals surface area contributed by atoms with Crippen molar-refractivity contribution in [3.05, 3.63) is 59.7 Å². The van der Waals surface area contributed by atoms with Gasteiger partial charge in [-0.05, 0) is 48.7 Å². The van der Waals surface area contributed by atoms with Crippen LogP contribution < -0.4 is 14.8 Å². The van der Waals surface area contributed by atoms with Gasteiger partial charge in [0.25, 0.3) is 5.91 Å². The first-order chi connectivity index (χ1) is 13.0. The van der Waals surface area contributed by atoms with E-state index >= 15 is 0 Å². The maximum atomic E-state index is 12.4. The Bertz CT molecular complexity index is 849. The first-order valence-electron chi connectivity index (χ1n) is 8.97. The van der Waals surface area contributed by atoms with Crippen LogP contribution in [0.15, 0.2) is 53.4 Å². The Hall–Kier alpha value is -2.38. The van der Waals surface area contributed by atoms with Crippen LogP contribution in [0.4, 0.5) is 0 Å². The first kappa shape index (κ1) is 20.9. The van der Waals surface area contributed by atoms with Gasteiger partial charge in [0, 0.05) is 18.7 Å². The molecule has 1 amide bonds. The number of para-hydroxylation sites is 1. The van der Waals surface area contributed by atoms with Gasteiger partial charge in [0.1, 0.15) is 5.75 Å². The third kappa shape index (κ3) is 6.08. The van der Waals surface area contributed by atoms with Crippen molar-refractivity contribution in [1.82, 2.24) is 10.0 Å². The molecule has 0 fully saturated rings. The Morgan fingerprint density at radius 1 is 1.04 bits per heavy atom. The van der Waals surface area contributed by atoms with Crippen molar-refractivity contribution in [3.8, 4) is 5.75 Å². The van der Waals surface area contributed by atoms with Gasteiger partial charge >= 0.3 is 0 Å². The first-order valence-corrected chi connectivity index (χ1v) is 10.5. The number of ether oxygens (including phenoxy) is 1. The number of carbonyl (C=O) groups is 1. The molecule has 0 unspecified atom stereocenters. The molecule has 0 spiro atoms. The minimum Gasteiger partial charge on any atom is -0.496 e. The largest absolute Gasteiger partial charge is 0.496 e. The number of methoxy groups -OCH3 is 1. The molecule has 27 heavy (non-hydrogen) atoms. The molecular weight excluding hydrogens is 364 g/mol. The number of sulfonamides is 1. The summed E-state index contributed by atoms with van der Waals surface area (Å²) < 4.78 is 32.7. The van der Waals surface area contributed by atoms with Gasteiger partial charge in [0.15, 0.2) is 0 Å². The van der Waals surface area contributed by atoms with Crippen LogP contribution in [-0.4, -0.2) is 34.5 Å². The van der Waals surface area contributed by atoms with Crippen molar-refractivity contribution in [2.75, 3.05) is 20.2 Å². The molecule has 0 saturated heterocycles. The van der Waals surface area contributed by atoms with E-state index in [1.54, 1.807) is 7.11 Å². The molecule has 0 aliphatic heterocycles. The van der Waals surface area contributed by atoms with Crippen LogP contribution in [0.3, 0.4) is 0 Å². The van der Waals surface area contributed by atoms with Gasteiger partial charge in [0.2, 0.25) is 10.0 Å². The van der Waals surface area contributed by atoms with E-state index in [0.717, 1.165) is 24.2 Å². The van der Waals surface area contributed by atoms with Gasteiger partial charge in [-0.15, -0.1) is 0 Å². The molecular formula is C20H26N2O4S. The topological polar surface area (TPSA) is 84.5 Å². The highest BCUT2D eigenvalue weighted by Gasteiger charge is 2.15. The second-order valence-corrected chi connectivity index (χ2v) is 7.86. The molecule has 6 nitrogen and oxygen atoms in total. The standard InChI is InChI=1S/C20H26N2O4S/c1-3-4-14-21-20(23)17-9-11-18(12-10-17)27(24,25)22-15-13-16-7-5-6-8-19(16)26-2/h5-12,22H,3-4,13-15H2,1-2H3,(H,21,23). The Labute approximate surface area is 161 Å². The predicted molar refractivity (Wildman–Crippen MR) is 106 cm³/mol. The van der Waals surface area contributed by atoms with Crippen LogP contribution in [0.5, 0.6) is 5.75 Å². The highest BCUT2D eigenvalue weighted by atomic mass is 32.2. The Kier molecular flexibility index (Phi) is 7.82. The molecule has 2 aromatic carbocycles. The number of carbonyl (C=O) groups excluding carboxylic acids is 1. The van der Waals surface area contributed by atoms with Crippen molar-refractivity contribution in [1.29, 1.82) is 0 Å². The van der Waals surface area contributed by atoms with Gasteiger partial charge in [-0.3, -0.25) is 4.79 Å². The van der Waals surface area contributed by atoms with Gasteiger partial charge in [-0.25, -0.2) is 13.1 Å². The molecule has 0 saturated carbocycles. The zero-order chi connectivity index (χ0) is 19.7. The smallest absolute Gasteiger partial charge is 0.251 e. The van der Waals surface area contributed by atoms with E-state index in [1.807, 2.05) is 31.2 Å². The van der Waals surface area contributed by atoms with Crippen molar-refractivity contribution < 1.29 is 17.9 Å². The van der Waals surface area contributed by atoms with E-state index in [1.165, 1.54) is 24.3 Å². The second kappa shape index (κ2) is 10.1. The SMILES string of the molecule is CCCCNC(=O)c1ccc(S(=O)(=O)NCCc2ccccc2OC)cc1. The number of benzene rings is 2. The summed E-state index contributed by atoms with van der Waals surface area (Å²) in [6.45, 7) is 2.91. The number of nitrogens with one attached hydrogen (secondary N) is 2. The van der Waals surface area contributed by atoms with Crippen LogP contribution >= 0.6 is 0 Å². The van der Waals surface area contributed by atoms with Crippen LogP contribution in [0, 0.1) is 0 Å². The normalized spacial score (nSPS) is 11.2. The zero-order valence-electron chi connectivity index (χ0n) is 15.7. The van der Waals surface area contributed by atoms with Crippen LogP contribution in [0.25, 0.3) is 0 Å². The molecule has 0 radical (unpaired) electrons. The summed E-state index contributed by atoms with van der Waals surface area (Å²) in [5, 5.41) is 2.81. The van der Waals surface area contributed by atoms with Crippen molar-refractivity contribution in [2.45, 2.75) is 31.1 Å². The van der Waals surface area contributed by atoms with Crippen LogP contribution in [-0.2, 0) is 16.4 Å². The highest BCUT2D eigenvalue weighted by molar-refractivity contribution is 7.89. The number of hydrogen-bond donors (Lipinski definition) is 2. The lowest BCUT2D eigenvalue weighted by Gasteiger charge is -2.10. The summed E-state index contributed by atoms with van der Waals surface area (Å²) >= 11 is 0. The molecule has 2 aromatic rings. The maximum absolute atomic E-state index is 12.4. The lowest BCUT2D eigenvalue weighted by atomic mass is 10.1. The van der Waals surface area contributed by atoms with Gasteiger partial charge < -0.3 is 10.1 Å². The van der Waals surface area contributed by atoms with Gasteiger partial charge in [0.05, 0.1) is 12.0 Å². The van der Waals surface area contributed by atoms with Crippen molar-refractivity contribution >= 4 is 15.9 Å². The fraction of sp³-hybridized carbons (Fsp3) is 0.350. The fourth-order valence-corrected chi connectivity index (χ4v) is 3.61. The number of unbranched alkanes of at least 4 members (excludes halogenated alkanes) is 1. The average molecular weight is 391 g/mol. The summed E-state index contributed by atoms with van der Waals surface area (Å²) in [5.41, 5.74) is 1.38. The average Bonchev–Trinajstić information content (AvgIpc) is 2.68. The molecule has 146 valence electrons. The molecule has 2 N–H and O–H groups in total. The van der Waals surface area contributed by atoms with Crippen molar-refractivity contribution in [2.24, 2.45) is 0 Å². The molecule has 0 aliphatic carbocycles. The van der Waals surface area contributed by atoms with E-state index in [2.05, 4.69) is 10.0 Å². The Balaban J connectivity index is 1.95. The van der Waals surface area contributed by atoms with Gasteiger partial charge in [-0.1, -0.05) is 31.5 Å². The summed E-state index contributed by atoms with van der Waals surface area (Å²) in [6.07, 6.45) is 2.42. The molecule has 2 rings (SSSR count).